The van der Waals surface area contributed by atoms with E-state index in [1.54, 1.807) is 20.3 Å². The third-order valence-corrected chi connectivity index (χ3v) is 3.11. The van der Waals surface area contributed by atoms with Crippen molar-refractivity contribution in [2.24, 2.45) is 0 Å². The van der Waals surface area contributed by atoms with Crippen LogP contribution in [0.15, 0.2) is 22.6 Å². The van der Waals surface area contributed by atoms with Gasteiger partial charge in [0.25, 0.3) is 0 Å². The first kappa shape index (κ1) is 15.3. The number of hydrogen-bond acceptors (Lipinski definition) is 6. The summed E-state index contributed by atoms with van der Waals surface area (Å²) in [7, 11) is 3.21. The Hall–Kier alpha value is -2.08. The number of hydrogen-bond donors (Lipinski definition) is 1. The van der Waals surface area contributed by atoms with E-state index in [0.29, 0.717) is 23.3 Å². The Balaban J connectivity index is 2.24. The van der Waals surface area contributed by atoms with Crippen LogP contribution in [0.2, 0.25) is 0 Å². The average molecular weight is 291 g/mol. The highest BCUT2D eigenvalue weighted by atomic mass is 16.5. The monoisotopic (exact) mass is 291 g/mol. The molecule has 1 atom stereocenters. The van der Waals surface area contributed by atoms with Crippen molar-refractivity contribution in [2.45, 2.75) is 26.3 Å². The van der Waals surface area contributed by atoms with Crippen LogP contribution < -0.4 is 14.8 Å². The van der Waals surface area contributed by atoms with Gasteiger partial charge in [0, 0.05) is 11.6 Å². The molecule has 6 nitrogen and oxygen atoms in total. The molecule has 1 unspecified atom stereocenters. The smallest absolute Gasteiger partial charge is 0.248 e. The fourth-order valence-electron chi connectivity index (χ4n) is 1.91. The lowest BCUT2D eigenvalue weighted by Crippen LogP contribution is -2.19. The van der Waals surface area contributed by atoms with E-state index in [-0.39, 0.29) is 6.04 Å². The van der Waals surface area contributed by atoms with Crippen LogP contribution in [0.3, 0.4) is 0 Å². The van der Waals surface area contributed by atoms with Crippen LogP contribution >= 0.6 is 0 Å². The summed E-state index contributed by atoms with van der Waals surface area (Å²) in [6.45, 7) is 5.02. The fourth-order valence-corrected chi connectivity index (χ4v) is 1.91. The molecule has 6 heteroatoms. The van der Waals surface area contributed by atoms with Gasteiger partial charge < -0.3 is 19.2 Å². The third kappa shape index (κ3) is 3.72. The first-order chi connectivity index (χ1) is 10.2. The van der Waals surface area contributed by atoms with Gasteiger partial charge in [0.1, 0.15) is 11.5 Å². The Morgan fingerprint density at radius 1 is 1.14 bits per heavy atom. The molecule has 1 heterocycles. The van der Waals surface area contributed by atoms with Gasteiger partial charge in [-0.05, 0) is 32.0 Å². The SMILES string of the molecule is CCCNC(C)c1nnc(-c2cc(OC)cc(OC)c2)o1. The largest absolute Gasteiger partial charge is 0.497 e. The normalized spacial score (nSPS) is 12.2. The van der Waals surface area contributed by atoms with E-state index in [1.165, 1.54) is 0 Å². The molecule has 21 heavy (non-hydrogen) atoms. The average Bonchev–Trinajstić information content (AvgIpc) is 3.02. The standard InChI is InChI=1S/C15H21N3O3/c1-5-6-16-10(2)14-17-18-15(21-14)11-7-12(19-3)9-13(8-11)20-4/h7-10,16H,5-6H2,1-4H3. The maximum absolute atomic E-state index is 5.73. The second-order valence-electron chi connectivity index (χ2n) is 4.72. The number of benzene rings is 1. The quantitative estimate of drug-likeness (QED) is 0.846. The van der Waals surface area contributed by atoms with Gasteiger partial charge in [0.05, 0.1) is 20.3 Å². The minimum absolute atomic E-state index is 0.0266. The molecule has 2 rings (SSSR count). The zero-order valence-electron chi connectivity index (χ0n) is 12.8. The molecule has 1 aromatic heterocycles. The van der Waals surface area contributed by atoms with Gasteiger partial charge in [-0.3, -0.25) is 0 Å². The second-order valence-corrected chi connectivity index (χ2v) is 4.72. The minimum atomic E-state index is 0.0266. The van der Waals surface area contributed by atoms with Crippen molar-refractivity contribution in [1.29, 1.82) is 0 Å². The number of methoxy groups -OCH3 is 2. The van der Waals surface area contributed by atoms with Crippen molar-refractivity contribution in [1.82, 2.24) is 15.5 Å². The van der Waals surface area contributed by atoms with Crippen molar-refractivity contribution >= 4 is 0 Å². The molecule has 0 aliphatic heterocycles. The molecule has 0 fully saturated rings. The summed E-state index contributed by atoms with van der Waals surface area (Å²) in [6, 6.07) is 5.50. The molecule has 0 amide bonds. The lowest BCUT2D eigenvalue weighted by atomic mass is 10.2. The van der Waals surface area contributed by atoms with Gasteiger partial charge in [-0.1, -0.05) is 6.92 Å². The van der Waals surface area contributed by atoms with Gasteiger partial charge >= 0.3 is 0 Å². The predicted octanol–water partition coefficient (Wildman–Crippen LogP) is 2.81. The number of rotatable bonds is 7. The van der Waals surface area contributed by atoms with Crippen LogP contribution in [-0.2, 0) is 0 Å². The molecule has 0 bridgehead atoms. The Labute approximate surface area is 124 Å². The van der Waals surface area contributed by atoms with Crippen molar-refractivity contribution in [3.63, 3.8) is 0 Å². The first-order valence-electron chi connectivity index (χ1n) is 6.98. The molecule has 2 aromatic rings. The maximum Gasteiger partial charge on any atom is 0.248 e. The highest BCUT2D eigenvalue weighted by Crippen LogP contribution is 2.29. The Morgan fingerprint density at radius 2 is 1.81 bits per heavy atom. The number of nitrogens with zero attached hydrogens (tertiary/aromatic N) is 2. The molecule has 0 saturated heterocycles. The molecule has 0 aliphatic carbocycles. The summed E-state index contributed by atoms with van der Waals surface area (Å²) in [5, 5.41) is 11.5. The van der Waals surface area contributed by atoms with Crippen molar-refractivity contribution in [3.05, 3.63) is 24.1 Å². The van der Waals surface area contributed by atoms with Crippen LogP contribution in [-0.4, -0.2) is 31.0 Å². The molecule has 0 saturated carbocycles. The van der Waals surface area contributed by atoms with Crippen molar-refractivity contribution < 1.29 is 13.9 Å². The van der Waals surface area contributed by atoms with E-state index >= 15 is 0 Å². The fraction of sp³-hybridized carbons (Fsp3) is 0.467. The number of nitrogens with one attached hydrogen (secondary N) is 1. The first-order valence-corrected chi connectivity index (χ1v) is 6.98. The molecular formula is C15H21N3O3. The Bertz CT molecular complexity index is 561. The third-order valence-electron chi connectivity index (χ3n) is 3.11. The summed E-state index contributed by atoms with van der Waals surface area (Å²) in [5.74, 6) is 2.38. The molecular weight excluding hydrogens is 270 g/mol. The summed E-state index contributed by atoms with van der Waals surface area (Å²) >= 11 is 0. The lowest BCUT2D eigenvalue weighted by molar-refractivity contribution is 0.393. The highest BCUT2D eigenvalue weighted by Gasteiger charge is 2.15. The van der Waals surface area contributed by atoms with E-state index in [4.69, 9.17) is 13.9 Å². The highest BCUT2D eigenvalue weighted by molar-refractivity contribution is 5.59. The molecule has 0 spiro atoms. The van der Waals surface area contributed by atoms with Gasteiger partial charge in [0.15, 0.2) is 0 Å². The predicted molar refractivity (Wildman–Crippen MR) is 79.5 cm³/mol. The lowest BCUT2D eigenvalue weighted by Gasteiger charge is -2.08. The van der Waals surface area contributed by atoms with E-state index in [2.05, 4.69) is 22.4 Å². The Morgan fingerprint density at radius 3 is 2.38 bits per heavy atom. The van der Waals surface area contributed by atoms with Gasteiger partial charge in [0.2, 0.25) is 11.8 Å². The van der Waals surface area contributed by atoms with Crippen LogP contribution in [0.1, 0.15) is 32.2 Å². The Kier molecular flexibility index (Phi) is 5.16. The molecule has 0 radical (unpaired) electrons. The number of ether oxygens (including phenoxy) is 2. The zero-order valence-corrected chi connectivity index (χ0v) is 12.8. The van der Waals surface area contributed by atoms with Crippen LogP contribution in [0, 0.1) is 0 Å². The zero-order chi connectivity index (χ0) is 15.2. The molecule has 0 aliphatic rings. The van der Waals surface area contributed by atoms with Crippen LogP contribution in [0.25, 0.3) is 11.5 Å². The molecule has 1 N–H and O–H groups in total. The van der Waals surface area contributed by atoms with Gasteiger partial charge in [-0.15, -0.1) is 10.2 Å². The summed E-state index contributed by atoms with van der Waals surface area (Å²) in [6.07, 6.45) is 1.05. The van der Waals surface area contributed by atoms with Gasteiger partial charge in [-0.2, -0.15) is 0 Å². The van der Waals surface area contributed by atoms with Gasteiger partial charge in [-0.25, -0.2) is 0 Å². The van der Waals surface area contributed by atoms with Crippen molar-refractivity contribution in [3.8, 4) is 23.0 Å². The molecule has 1 aromatic carbocycles. The summed E-state index contributed by atoms with van der Waals surface area (Å²) in [4.78, 5) is 0. The van der Waals surface area contributed by atoms with Crippen LogP contribution in [0.4, 0.5) is 0 Å². The van der Waals surface area contributed by atoms with E-state index in [1.807, 2.05) is 19.1 Å². The van der Waals surface area contributed by atoms with E-state index < -0.39 is 0 Å². The molecule has 114 valence electrons. The van der Waals surface area contributed by atoms with Crippen LogP contribution in [0.5, 0.6) is 11.5 Å². The van der Waals surface area contributed by atoms with E-state index in [9.17, 15) is 0 Å². The van der Waals surface area contributed by atoms with Crippen molar-refractivity contribution in [2.75, 3.05) is 20.8 Å². The second kappa shape index (κ2) is 7.08. The number of aromatic nitrogens is 2. The topological polar surface area (TPSA) is 69.4 Å². The minimum Gasteiger partial charge on any atom is -0.497 e. The van der Waals surface area contributed by atoms with E-state index in [0.717, 1.165) is 18.5 Å². The summed E-state index contributed by atoms with van der Waals surface area (Å²) in [5.41, 5.74) is 0.771. The maximum atomic E-state index is 5.73. The summed E-state index contributed by atoms with van der Waals surface area (Å²) < 4.78 is 16.2.